The molecule has 134 valence electrons. The third-order valence-corrected chi connectivity index (χ3v) is 3.76. The van der Waals surface area contributed by atoms with Crippen molar-refractivity contribution in [3.8, 4) is 17.4 Å². The van der Waals surface area contributed by atoms with Gasteiger partial charge < -0.3 is 19.5 Å². The Morgan fingerprint density at radius 1 is 1.32 bits per heavy atom. The van der Waals surface area contributed by atoms with E-state index in [-0.39, 0.29) is 12.0 Å². The van der Waals surface area contributed by atoms with Crippen LogP contribution in [0.15, 0.2) is 35.3 Å². The summed E-state index contributed by atoms with van der Waals surface area (Å²) in [5.41, 5.74) is -0.421. The normalized spacial score (nSPS) is 15.8. The van der Waals surface area contributed by atoms with Gasteiger partial charge in [0, 0.05) is 13.6 Å². The number of nitrogens with one attached hydrogen (secondary N) is 1. The molecule has 0 saturated heterocycles. The second-order valence-electron chi connectivity index (χ2n) is 5.76. The standard InChI is InChI=1S/C17H22N4O4/c1-21-17(22)20-16(11-19-21)23-9-5-4-8-18-10-13-12-24-14-6-2-3-7-15(14)25-13/h2-3,6-7,11,13,18H,4-5,8-10,12H2,1H3. The molecule has 0 amide bonds. The Labute approximate surface area is 145 Å². The molecule has 0 bridgehead atoms. The highest BCUT2D eigenvalue weighted by atomic mass is 16.6. The molecule has 3 rings (SSSR count). The van der Waals surface area contributed by atoms with Crippen LogP contribution in [0.5, 0.6) is 17.4 Å². The number of hydrogen-bond donors (Lipinski definition) is 1. The first-order chi connectivity index (χ1) is 12.2. The first kappa shape index (κ1) is 17.2. The molecule has 1 N–H and O–H groups in total. The molecule has 1 aromatic carbocycles. The molecule has 0 aliphatic carbocycles. The summed E-state index contributed by atoms with van der Waals surface area (Å²) in [4.78, 5) is 15.1. The number of nitrogens with zero attached hydrogens (tertiary/aromatic N) is 3. The molecule has 0 spiro atoms. The van der Waals surface area contributed by atoms with Gasteiger partial charge in [0.05, 0.1) is 6.61 Å². The second-order valence-corrected chi connectivity index (χ2v) is 5.76. The van der Waals surface area contributed by atoms with Crippen molar-refractivity contribution in [2.45, 2.75) is 18.9 Å². The van der Waals surface area contributed by atoms with Gasteiger partial charge in [0.2, 0.25) is 5.88 Å². The predicted octanol–water partition coefficient (Wildman–Crippen LogP) is 0.764. The van der Waals surface area contributed by atoms with Crippen LogP contribution in [0.25, 0.3) is 0 Å². The van der Waals surface area contributed by atoms with Gasteiger partial charge in [-0.2, -0.15) is 10.1 Å². The maximum atomic E-state index is 11.3. The van der Waals surface area contributed by atoms with Gasteiger partial charge in [-0.15, -0.1) is 0 Å². The summed E-state index contributed by atoms with van der Waals surface area (Å²) >= 11 is 0. The fraction of sp³-hybridized carbons (Fsp3) is 0.471. The van der Waals surface area contributed by atoms with E-state index in [0.717, 1.165) is 42.1 Å². The van der Waals surface area contributed by atoms with Gasteiger partial charge in [0.25, 0.3) is 0 Å². The Balaban J connectivity index is 1.27. The molecular formula is C17H22N4O4. The molecule has 1 aliphatic rings. The van der Waals surface area contributed by atoms with E-state index in [2.05, 4.69) is 15.4 Å². The number of hydrogen-bond acceptors (Lipinski definition) is 7. The second kappa shape index (κ2) is 8.48. The molecule has 2 aromatic rings. The predicted molar refractivity (Wildman–Crippen MR) is 91.2 cm³/mol. The van der Waals surface area contributed by atoms with Gasteiger partial charge in [-0.3, -0.25) is 0 Å². The van der Waals surface area contributed by atoms with Crippen molar-refractivity contribution in [1.29, 1.82) is 0 Å². The highest BCUT2D eigenvalue weighted by Crippen LogP contribution is 2.30. The minimum absolute atomic E-state index is 0.0157. The van der Waals surface area contributed by atoms with Gasteiger partial charge in [-0.25, -0.2) is 9.48 Å². The number of fused-ring (bicyclic) bond motifs is 1. The summed E-state index contributed by atoms with van der Waals surface area (Å²) in [5.74, 6) is 1.86. The molecule has 1 aromatic heterocycles. The molecule has 25 heavy (non-hydrogen) atoms. The first-order valence-electron chi connectivity index (χ1n) is 8.35. The molecule has 0 saturated carbocycles. The fourth-order valence-corrected chi connectivity index (χ4v) is 2.41. The smallest absolute Gasteiger partial charge is 0.366 e. The number of benzene rings is 1. The zero-order valence-electron chi connectivity index (χ0n) is 14.2. The average Bonchev–Trinajstić information content (AvgIpc) is 2.63. The van der Waals surface area contributed by atoms with Crippen molar-refractivity contribution in [2.75, 3.05) is 26.3 Å². The van der Waals surface area contributed by atoms with Crippen molar-refractivity contribution in [1.82, 2.24) is 20.1 Å². The van der Waals surface area contributed by atoms with Crippen LogP contribution >= 0.6 is 0 Å². The Bertz CT molecular complexity index is 749. The van der Waals surface area contributed by atoms with Crippen LogP contribution in [0.3, 0.4) is 0 Å². The molecule has 0 radical (unpaired) electrons. The van der Waals surface area contributed by atoms with E-state index in [1.54, 1.807) is 7.05 Å². The van der Waals surface area contributed by atoms with Crippen LogP contribution in [-0.2, 0) is 7.05 Å². The largest absolute Gasteiger partial charge is 0.486 e. The zero-order valence-corrected chi connectivity index (χ0v) is 14.2. The van der Waals surface area contributed by atoms with Crippen LogP contribution in [0.4, 0.5) is 0 Å². The number of ether oxygens (including phenoxy) is 3. The summed E-state index contributed by atoms with van der Waals surface area (Å²) in [6, 6.07) is 7.69. The SMILES string of the molecule is Cn1ncc(OCCCCNCC2COc3ccccc3O2)nc1=O. The minimum Gasteiger partial charge on any atom is -0.486 e. The number of aromatic nitrogens is 3. The van der Waals surface area contributed by atoms with Gasteiger partial charge >= 0.3 is 5.69 Å². The van der Waals surface area contributed by atoms with Crippen molar-refractivity contribution >= 4 is 0 Å². The molecule has 0 fully saturated rings. The summed E-state index contributed by atoms with van der Waals surface area (Å²) in [6.07, 6.45) is 3.26. The number of unbranched alkanes of at least 4 members (excludes halogenated alkanes) is 1. The lowest BCUT2D eigenvalue weighted by atomic mass is 10.2. The third-order valence-electron chi connectivity index (χ3n) is 3.76. The van der Waals surface area contributed by atoms with Crippen LogP contribution in [-0.4, -0.2) is 47.2 Å². The van der Waals surface area contributed by atoms with Crippen LogP contribution in [0.2, 0.25) is 0 Å². The van der Waals surface area contributed by atoms with Crippen molar-refractivity contribution in [2.24, 2.45) is 7.05 Å². The topological polar surface area (TPSA) is 87.5 Å². The Morgan fingerprint density at radius 2 is 2.16 bits per heavy atom. The zero-order chi connectivity index (χ0) is 17.5. The van der Waals surface area contributed by atoms with Crippen molar-refractivity contribution in [3.63, 3.8) is 0 Å². The lowest BCUT2D eigenvalue weighted by Crippen LogP contribution is -2.38. The monoisotopic (exact) mass is 346 g/mol. The van der Waals surface area contributed by atoms with Gasteiger partial charge in [0.1, 0.15) is 18.9 Å². The molecule has 8 heteroatoms. The lowest BCUT2D eigenvalue weighted by molar-refractivity contribution is 0.0904. The van der Waals surface area contributed by atoms with E-state index < -0.39 is 5.69 Å². The van der Waals surface area contributed by atoms with Crippen LogP contribution in [0, 0.1) is 0 Å². The number of para-hydroxylation sites is 2. The lowest BCUT2D eigenvalue weighted by Gasteiger charge is -2.26. The van der Waals surface area contributed by atoms with Crippen molar-refractivity contribution in [3.05, 3.63) is 40.9 Å². The fourth-order valence-electron chi connectivity index (χ4n) is 2.41. The Hall–Kier alpha value is -2.61. The number of aryl methyl sites for hydroxylation is 1. The number of rotatable bonds is 8. The maximum absolute atomic E-state index is 11.3. The minimum atomic E-state index is -0.421. The van der Waals surface area contributed by atoms with Gasteiger partial charge in [0.15, 0.2) is 11.5 Å². The van der Waals surface area contributed by atoms with Gasteiger partial charge in [-0.1, -0.05) is 12.1 Å². The van der Waals surface area contributed by atoms with Crippen molar-refractivity contribution < 1.29 is 14.2 Å². The summed E-state index contributed by atoms with van der Waals surface area (Å²) in [7, 11) is 1.55. The molecule has 1 unspecified atom stereocenters. The Kier molecular flexibility index (Phi) is 5.84. The quantitative estimate of drug-likeness (QED) is 0.706. The third kappa shape index (κ3) is 4.93. The molecule has 1 atom stereocenters. The van der Waals surface area contributed by atoms with Crippen LogP contribution in [0.1, 0.15) is 12.8 Å². The van der Waals surface area contributed by atoms with E-state index in [9.17, 15) is 4.79 Å². The molecule has 8 nitrogen and oxygen atoms in total. The van der Waals surface area contributed by atoms with E-state index in [1.165, 1.54) is 6.20 Å². The summed E-state index contributed by atoms with van der Waals surface area (Å²) < 4.78 is 18.1. The van der Waals surface area contributed by atoms with E-state index >= 15 is 0 Å². The molecular weight excluding hydrogens is 324 g/mol. The average molecular weight is 346 g/mol. The maximum Gasteiger partial charge on any atom is 0.366 e. The van der Waals surface area contributed by atoms with E-state index in [4.69, 9.17) is 14.2 Å². The highest BCUT2D eigenvalue weighted by Gasteiger charge is 2.19. The van der Waals surface area contributed by atoms with Crippen LogP contribution < -0.4 is 25.2 Å². The van der Waals surface area contributed by atoms with E-state index in [0.29, 0.717) is 13.2 Å². The molecule has 2 heterocycles. The summed E-state index contributed by atoms with van der Waals surface area (Å²) in [6.45, 7) is 2.64. The first-order valence-corrected chi connectivity index (χ1v) is 8.35. The van der Waals surface area contributed by atoms with Gasteiger partial charge in [-0.05, 0) is 31.5 Å². The molecule has 1 aliphatic heterocycles. The van der Waals surface area contributed by atoms with E-state index in [1.807, 2.05) is 24.3 Å². The Morgan fingerprint density at radius 3 is 3.00 bits per heavy atom. The summed E-state index contributed by atoms with van der Waals surface area (Å²) in [5, 5.41) is 7.21. The highest BCUT2D eigenvalue weighted by molar-refractivity contribution is 5.40.